The van der Waals surface area contributed by atoms with Crippen molar-refractivity contribution < 1.29 is 9.53 Å². The van der Waals surface area contributed by atoms with E-state index >= 15 is 0 Å². The molecule has 124 valence electrons. The van der Waals surface area contributed by atoms with Crippen molar-refractivity contribution in [1.29, 1.82) is 0 Å². The van der Waals surface area contributed by atoms with Crippen LogP contribution >= 0.6 is 28.3 Å². The molecule has 1 saturated heterocycles. The molecule has 1 unspecified atom stereocenters. The van der Waals surface area contributed by atoms with Gasteiger partial charge in [0.15, 0.2) is 0 Å². The number of likely N-dealkylation sites (tertiary alicyclic amines) is 1. The standard InChI is InChI=1S/C16H23BrN2O2.ClH/c17-13-5-3-7-15(11-13)21-10-4-8-16(20)19-9-2-1-6-14(19)12-18;/h3,5,7,11,14H,1-2,4,6,8-10,12,18H2;1H. The SMILES string of the molecule is Cl.NCC1CCCCN1C(=O)CCCOc1cccc(Br)c1. The van der Waals surface area contributed by atoms with Crippen molar-refractivity contribution in [2.75, 3.05) is 19.7 Å². The number of hydrogen-bond donors (Lipinski definition) is 1. The zero-order valence-electron chi connectivity index (χ0n) is 12.7. The average Bonchev–Trinajstić information content (AvgIpc) is 2.51. The lowest BCUT2D eigenvalue weighted by atomic mass is 10.0. The molecule has 1 fully saturated rings. The molecule has 0 aromatic heterocycles. The van der Waals surface area contributed by atoms with Crippen LogP contribution in [0.15, 0.2) is 28.7 Å². The first kappa shape index (κ1) is 19.3. The van der Waals surface area contributed by atoms with Crippen LogP contribution in [-0.2, 0) is 4.79 Å². The number of halogens is 2. The average molecular weight is 392 g/mol. The molecule has 0 spiro atoms. The molecule has 4 nitrogen and oxygen atoms in total. The van der Waals surface area contributed by atoms with Gasteiger partial charge in [-0.15, -0.1) is 12.4 Å². The molecule has 6 heteroatoms. The number of carbonyl (C=O) groups is 1. The van der Waals surface area contributed by atoms with Crippen molar-refractivity contribution in [1.82, 2.24) is 4.90 Å². The first-order chi connectivity index (χ1) is 10.2. The van der Waals surface area contributed by atoms with Crippen LogP contribution in [0.1, 0.15) is 32.1 Å². The largest absolute Gasteiger partial charge is 0.494 e. The van der Waals surface area contributed by atoms with Crippen LogP contribution in [0, 0.1) is 0 Å². The van der Waals surface area contributed by atoms with E-state index in [1.165, 1.54) is 6.42 Å². The second-order valence-electron chi connectivity index (χ2n) is 5.38. The monoisotopic (exact) mass is 390 g/mol. The van der Waals surface area contributed by atoms with Crippen molar-refractivity contribution in [2.45, 2.75) is 38.1 Å². The molecule has 1 heterocycles. The molecule has 0 radical (unpaired) electrons. The van der Waals surface area contributed by atoms with Crippen LogP contribution in [0.25, 0.3) is 0 Å². The van der Waals surface area contributed by atoms with Crippen LogP contribution in [0.3, 0.4) is 0 Å². The summed E-state index contributed by atoms with van der Waals surface area (Å²) in [4.78, 5) is 14.2. The number of carbonyl (C=O) groups excluding carboxylic acids is 1. The fourth-order valence-corrected chi connectivity index (χ4v) is 3.07. The zero-order chi connectivity index (χ0) is 15.1. The Morgan fingerprint density at radius 1 is 1.41 bits per heavy atom. The highest BCUT2D eigenvalue weighted by Crippen LogP contribution is 2.19. The molecule has 1 aliphatic rings. The maximum Gasteiger partial charge on any atom is 0.222 e. The number of nitrogens with two attached hydrogens (primary N) is 1. The van der Waals surface area contributed by atoms with E-state index < -0.39 is 0 Å². The van der Waals surface area contributed by atoms with Gasteiger partial charge in [-0.3, -0.25) is 4.79 Å². The third kappa shape index (κ3) is 5.78. The van der Waals surface area contributed by atoms with Gasteiger partial charge in [0.1, 0.15) is 5.75 Å². The Hall–Kier alpha value is -0.780. The Labute approximate surface area is 146 Å². The number of piperidine rings is 1. The van der Waals surface area contributed by atoms with Crippen LogP contribution in [0.2, 0.25) is 0 Å². The number of hydrogen-bond acceptors (Lipinski definition) is 3. The van der Waals surface area contributed by atoms with E-state index in [-0.39, 0.29) is 24.4 Å². The lowest BCUT2D eigenvalue weighted by molar-refractivity contribution is -0.134. The first-order valence-electron chi connectivity index (χ1n) is 7.58. The van der Waals surface area contributed by atoms with Crippen LogP contribution < -0.4 is 10.5 Å². The molecule has 2 N–H and O–H groups in total. The number of ether oxygens (including phenoxy) is 1. The van der Waals surface area contributed by atoms with E-state index in [2.05, 4.69) is 15.9 Å². The molecule has 0 bridgehead atoms. The van der Waals surface area contributed by atoms with E-state index in [0.717, 1.165) is 36.0 Å². The predicted octanol–water partition coefficient (Wildman–Crippen LogP) is 3.37. The van der Waals surface area contributed by atoms with Crippen LogP contribution in [0.5, 0.6) is 5.75 Å². The summed E-state index contributed by atoms with van der Waals surface area (Å²) in [5.41, 5.74) is 5.75. The van der Waals surface area contributed by atoms with E-state index in [1.807, 2.05) is 29.2 Å². The third-order valence-corrected chi connectivity index (χ3v) is 4.31. The highest BCUT2D eigenvalue weighted by Gasteiger charge is 2.24. The molecule has 1 aromatic carbocycles. The molecule has 1 aromatic rings. The molecule has 0 aliphatic carbocycles. The normalized spacial score (nSPS) is 17.7. The highest BCUT2D eigenvalue weighted by atomic mass is 79.9. The van der Waals surface area contributed by atoms with Crippen molar-refractivity contribution in [3.8, 4) is 5.75 Å². The van der Waals surface area contributed by atoms with Gasteiger partial charge in [0.25, 0.3) is 0 Å². The number of rotatable bonds is 6. The minimum Gasteiger partial charge on any atom is -0.494 e. The first-order valence-corrected chi connectivity index (χ1v) is 8.38. The number of nitrogens with zero attached hydrogens (tertiary/aromatic N) is 1. The van der Waals surface area contributed by atoms with E-state index in [9.17, 15) is 4.79 Å². The van der Waals surface area contributed by atoms with Gasteiger partial charge in [-0.05, 0) is 43.9 Å². The van der Waals surface area contributed by atoms with Crippen molar-refractivity contribution in [2.24, 2.45) is 5.73 Å². The molecule has 1 aliphatic heterocycles. The van der Waals surface area contributed by atoms with Crippen LogP contribution in [-0.4, -0.2) is 36.5 Å². The van der Waals surface area contributed by atoms with Gasteiger partial charge in [-0.1, -0.05) is 22.0 Å². The molecule has 0 saturated carbocycles. The van der Waals surface area contributed by atoms with Gasteiger partial charge in [0, 0.05) is 30.0 Å². The summed E-state index contributed by atoms with van der Waals surface area (Å²) in [7, 11) is 0. The van der Waals surface area contributed by atoms with Crippen molar-refractivity contribution >= 4 is 34.2 Å². The number of amides is 1. The summed E-state index contributed by atoms with van der Waals surface area (Å²) < 4.78 is 6.65. The van der Waals surface area contributed by atoms with E-state index in [0.29, 0.717) is 19.6 Å². The Morgan fingerprint density at radius 3 is 2.95 bits per heavy atom. The lowest BCUT2D eigenvalue weighted by Crippen LogP contribution is -2.47. The van der Waals surface area contributed by atoms with E-state index in [1.54, 1.807) is 0 Å². The Bertz CT molecular complexity index is 473. The quantitative estimate of drug-likeness (QED) is 0.756. The maximum atomic E-state index is 12.2. The minimum absolute atomic E-state index is 0. The summed E-state index contributed by atoms with van der Waals surface area (Å²) in [6.45, 7) is 1.98. The summed E-state index contributed by atoms with van der Waals surface area (Å²) in [6.07, 6.45) is 4.58. The topological polar surface area (TPSA) is 55.6 Å². The Balaban J connectivity index is 0.00000242. The van der Waals surface area contributed by atoms with Gasteiger partial charge in [-0.2, -0.15) is 0 Å². The molecule has 2 rings (SSSR count). The van der Waals surface area contributed by atoms with Crippen molar-refractivity contribution in [3.63, 3.8) is 0 Å². The van der Waals surface area contributed by atoms with Gasteiger partial charge in [0.05, 0.1) is 6.61 Å². The molecule has 22 heavy (non-hydrogen) atoms. The third-order valence-electron chi connectivity index (χ3n) is 3.82. The van der Waals surface area contributed by atoms with Gasteiger partial charge < -0.3 is 15.4 Å². The molecular formula is C16H24BrClN2O2. The predicted molar refractivity (Wildman–Crippen MR) is 94.5 cm³/mol. The Morgan fingerprint density at radius 2 is 2.23 bits per heavy atom. The van der Waals surface area contributed by atoms with Crippen molar-refractivity contribution in [3.05, 3.63) is 28.7 Å². The summed E-state index contributed by atoms with van der Waals surface area (Å²) >= 11 is 3.41. The fourth-order valence-electron chi connectivity index (χ4n) is 2.69. The van der Waals surface area contributed by atoms with Gasteiger partial charge >= 0.3 is 0 Å². The van der Waals surface area contributed by atoms with Gasteiger partial charge in [-0.25, -0.2) is 0 Å². The molecule has 1 atom stereocenters. The minimum atomic E-state index is 0. The van der Waals surface area contributed by atoms with Crippen LogP contribution in [0.4, 0.5) is 0 Å². The van der Waals surface area contributed by atoms with Gasteiger partial charge in [0.2, 0.25) is 5.91 Å². The highest BCUT2D eigenvalue weighted by molar-refractivity contribution is 9.10. The smallest absolute Gasteiger partial charge is 0.222 e. The lowest BCUT2D eigenvalue weighted by Gasteiger charge is -2.35. The number of benzene rings is 1. The zero-order valence-corrected chi connectivity index (χ0v) is 15.1. The second kappa shape index (κ2) is 10.1. The maximum absolute atomic E-state index is 12.2. The summed E-state index contributed by atoms with van der Waals surface area (Å²) in [6, 6.07) is 7.97. The fraction of sp³-hybridized carbons (Fsp3) is 0.562. The van der Waals surface area contributed by atoms with E-state index in [4.69, 9.17) is 10.5 Å². The summed E-state index contributed by atoms with van der Waals surface area (Å²) in [5.74, 6) is 1.04. The molecule has 1 amide bonds. The Kier molecular flexibility index (Phi) is 8.83. The molecular weight excluding hydrogens is 368 g/mol. The summed E-state index contributed by atoms with van der Waals surface area (Å²) in [5, 5.41) is 0. The second-order valence-corrected chi connectivity index (χ2v) is 6.30.